The molecule has 0 saturated carbocycles. The molecule has 1 fully saturated rings. The smallest absolute Gasteiger partial charge is 0.317 e. The maximum absolute atomic E-state index is 12.2. The molecule has 0 unspecified atom stereocenters. The minimum absolute atomic E-state index is 0.0297. The van der Waals surface area contributed by atoms with E-state index in [1.165, 1.54) is 5.56 Å². The number of benzene rings is 1. The van der Waals surface area contributed by atoms with E-state index in [1.54, 1.807) is 11.3 Å². The molecule has 0 aliphatic carbocycles. The average Bonchev–Trinajstić information content (AvgIpc) is 2.84. The molecule has 1 aromatic carbocycles. The van der Waals surface area contributed by atoms with Crippen LogP contribution in [0.4, 0.5) is 4.79 Å². The molecule has 1 N–H and O–H groups in total. The Morgan fingerprint density at radius 3 is 2.86 bits per heavy atom. The number of amides is 2. The minimum atomic E-state index is 0.0297. The zero-order valence-electron chi connectivity index (χ0n) is 12.1. The maximum atomic E-state index is 12.2. The van der Waals surface area contributed by atoms with Crippen molar-refractivity contribution in [3.05, 3.63) is 52.0 Å². The zero-order valence-corrected chi connectivity index (χ0v) is 12.9. The van der Waals surface area contributed by atoms with Crippen LogP contribution in [0.15, 0.2) is 35.7 Å². The van der Waals surface area contributed by atoms with Gasteiger partial charge in [0.1, 0.15) is 0 Å². The van der Waals surface area contributed by atoms with Gasteiger partial charge in [0.15, 0.2) is 0 Å². The first-order chi connectivity index (χ1) is 10.2. The van der Waals surface area contributed by atoms with Crippen LogP contribution in [-0.4, -0.2) is 29.0 Å². The molecular formula is C16H19N3OS. The normalized spacial score (nSPS) is 17.4. The summed E-state index contributed by atoms with van der Waals surface area (Å²) in [5, 5.41) is 6.12. The summed E-state index contributed by atoms with van der Waals surface area (Å²) in [6.45, 7) is 3.47. The summed E-state index contributed by atoms with van der Waals surface area (Å²) in [6, 6.07) is 10.5. The number of thiazole rings is 1. The first-order valence-corrected chi connectivity index (χ1v) is 8.12. The number of aromatic nitrogens is 1. The van der Waals surface area contributed by atoms with Crippen molar-refractivity contribution in [2.75, 3.05) is 13.1 Å². The molecule has 1 saturated heterocycles. The highest BCUT2D eigenvalue weighted by atomic mass is 32.1. The van der Waals surface area contributed by atoms with E-state index in [0.717, 1.165) is 30.1 Å². The second-order valence-corrected chi connectivity index (χ2v) is 6.31. The van der Waals surface area contributed by atoms with Gasteiger partial charge in [-0.15, -0.1) is 11.3 Å². The number of likely N-dealkylation sites (tertiary alicyclic amines) is 1. The minimum Gasteiger partial charge on any atom is -0.338 e. The summed E-state index contributed by atoms with van der Waals surface area (Å²) in [4.78, 5) is 18.5. The molecule has 0 spiro atoms. The van der Waals surface area contributed by atoms with E-state index < -0.39 is 0 Å². The molecule has 1 atom stereocenters. The first-order valence-electron chi connectivity index (χ1n) is 7.24. The fraction of sp³-hybridized carbons (Fsp3) is 0.375. The second-order valence-electron chi connectivity index (χ2n) is 5.25. The van der Waals surface area contributed by atoms with E-state index in [2.05, 4.69) is 27.8 Å². The molecule has 1 aromatic heterocycles. The quantitative estimate of drug-likeness (QED) is 0.943. The highest BCUT2D eigenvalue weighted by Crippen LogP contribution is 2.32. The van der Waals surface area contributed by atoms with E-state index in [4.69, 9.17) is 0 Å². The number of rotatable bonds is 4. The summed E-state index contributed by atoms with van der Waals surface area (Å²) in [5.41, 5.74) is 2.27. The Bertz CT molecular complexity index is 611. The van der Waals surface area contributed by atoms with Gasteiger partial charge >= 0.3 is 6.03 Å². The standard InChI is InChI=1S/C16H19N3OS/c1-12-18-14(11-21-12)7-9-17-16(20)19-10-8-15(19)13-5-3-2-4-6-13/h2-6,11,15H,7-10H2,1H3,(H,17,20)/t15-/m0/s1. The molecule has 4 nitrogen and oxygen atoms in total. The molecule has 110 valence electrons. The second kappa shape index (κ2) is 6.26. The molecule has 21 heavy (non-hydrogen) atoms. The van der Waals surface area contributed by atoms with E-state index >= 15 is 0 Å². The Morgan fingerprint density at radius 1 is 1.43 bits per heavy atom. The Hall–Kier alpha value is -1.88. The summed E-state index contributed by atoms with van der Waals surface area (Å²) < 4.78 is 0. The molecule has 2 aromatic rings. The van der Waals surface area contributed by atoms with Gasteiger partial charge < -0.3 is 10.2 Å². The van der Waals surface area contributed by atoms with Gasteiger partial charge in [0, 0.05) is 24.9 Å². The molecule has 0 bridgehead atoms. The Morgan fingerprint density at radius 2 is 2.24 bits per heavy atom. The number of hydrogen-bond acceptors (Lipinski definition) is 3. The summed E-state index contributed by atoms with van der Waals surface area (Å²) >= 11 is 1.65. The number of nitrogens with zero attached hydrogens (tertiary/aromatic N) is 2. The highest BCUT2D eigenvalue weighted by Gasteiger charge is 2.32. The monoisotopic (exact) mass is 301 g/mol. The van der Waals surface area contributed by atoms with Gasteiger partial charge in [-0.3, -0.25) is 0 Å². The lowest BCUT2D eigenvalue weighted by atomic mass is 9.95. The molecule has 3 rings (SSSR count). The van der Waals surface area contributed by atoms with Gasteiger partial charge in [-0.25, -0.2) is 9.78 Å². The van der Waals surface area contributed by atoms with Gasteiger partial charge in [0.2, 0.25) is 0 Å². The zero-order chi connectivity index (χ0) is 14.7. The van der Waals surface area contributed by atoms with Gasteiger partial charge in [-0.2, -0.15) is 0 Å². The number of carbonyl (C=O) groups excluding carboxylic acids is 1. The molecule has 1 aliphatic rings. The van der Waals surface area contributed by atoms with Crippen molar-refractivity contribution >= 4 is 17.4 Å². The van der Waals surface area contributed by atoms with Crippen molar-refractivity contribution < 1.29 is 4.79 Å². The van der Waals surface area contributed by atoms with Crippen molar-refractivity contribution in [2.45, 2.75) is 25.8 Å². The third-order valence-corrected chi connectivity index (χ3v) is 4.61. The summed E-state index contributed by atoms with van der Waals surface area (Å²) in [5.74, 6) is 0. The van der Waals surface area contributed by atoms with E-state index in [1.807, 2.05) is 30.0 Å². The van der Waals surface area contributed by atoms with Crippen LogP contribution in [-0.2, 0) is 6.42 Å². The van der Waals surface area contributed by atoms with E-state index in [0.29, 0.717) is 6.54 Å². The predicted octanol–water partition coefficient (Wildman–Crippen LogP) is 3.15. The Balaban J connectivity index is 1.49. The number of urea groups is 1. The van der Waals surface area contributed by atoms with Crippen molar-refractivity contribution in [1.82, 2.24) is 15.2 Å². The number of aryl methyl sites for hydroxylation is 1. The van der Waals surface area contributed by atoms with Crippen LogP contribution >= 0.6 is 11.3 Å². The molecule has 2 amide bonds. The van der Waals surface area contributed by atoms with Crippen LogP contribution in [0.2, 0.25) is 0 Å². The lowest BCUT2D eigenvalue weighted by molar-refractivity contribution is 0.115. The number of carbonyl (C=O) groups is 1. The molecule has 2 heterocycles. The number of hydrogen-bond donors (Lipinski definition) is 1. The van der Waals surface area contributed by atoms with Crippen LogP contribution in [0.5, 0.6) is 0 Å². The van der Waals surface area contributed by atoms with Crippen LogP contribution in [0, 0.1) is 6.92 Å². The average molecular weight is 301 g/mol. The summed E-state index contributed by atoms with van der Waals surface area (Å²) in [6.07, 6.45) is 1.84. The lowest BCUT2D eigenvalue weighted by Gasteiger charge is -2.41. The third-order valence-electron chi connectivity index (χ3n) is 3.79. The summed E-state index contributed by atoms with van der Waals surface area (Å²) in [7, 11) is 0. The van der Waals surface area contributed by atoms with E-state index in [9.17, 15) is 4.79 Å². The van der Waals surface area contributed by atoms with Crippen molar-refractivity contribution in [2.24, 2.45) is 0 Å². The van der Waals surface area contributed by atoms with Crippen LogP contribution in [0.3, 0.4) is 0 Å². The van der Waals surface area contributed by atoms with Gasteiger partial charge in [-0.05, 0) is 18.9 Å². The van der Waals surface area contributed by atoms with Crippen LogP contribution < -0.4 is 5.32 Å². The van der Waals surface area contributed by atoms with Crippen LogP contribution in [0.1, 0.15) is 28.7 Å². The van der Waals surface area contributed by atoms with Gasteiger partial charge in [0.25, 0.3) is 0 Å². The number of nitrogens with one attached hydrogen (secondary N) is 1. The lowest BCUT2D eigenvalue weighted by Crippen LogP contribution is -2.50. The van der Waals surface area contributed by atoms with Crippen molar-refractivity contribution in [1.29, 1.82) is 0 Å². The van der Waals surface area contributed by atoms with E-state index in [-0.39, 0.29) is 12.1 Å². The highest BCUT2D eigenvalue weighted by molar-refractivity contribution is 7.09. The topological polar surface area (TPSA) is 45.2 Å². The largest absolute Gasteiger partial charge is 0.338 e. The predicted molar refractivity (Wildman–Crippen MR) is 84.5 cm³/mol. The fourth-order valence-corrected chi connectivity index (χ4v) is 3.22. The maximum Gasteiger partial charge on any atom is 0.317 e. The van der Waals surface area contributed by atoms with Crippen molar-refractivity contribution in [3.63, 3.8) is 0 Å². The molecule has 1 aliphatic heterocycles. The fourth-order valence-electron chi connectivity index (χ4n) is 2.57. The molecule has 0 radical (unpaired) electrons. The van der Waals surface area contributed by atoms with Gasteiger partial charge in [0.05, 0.1) is 16.7 Å². The Labute approximate surface area is 128 Å². The molecule has 5 heteroatoms. The first kappa shape index (κ1) is 14.1. The SMILES string of the molecule is Cc1nc(CCNC(=O)N2CC[C@H]2c2ccccc2)cs1. The third kappa shape index (κ3) is 3.24. The van der Waals surface area contributed by atoms with Crippen molar-refractivity contribution in [3.8, 4) is 0 Å². The van der Waals surface area contributed by atoms with Crippen LogP contribution in [0.25, 0.3) is 0 Å². The van der Waals surface area contributed by atoms with Gasteiger partial charge in [-0.1, -0.05) is 30.3 Å². The molecular weight excluding hydrogens is 282 g/mol. The Kier molecular flexibility index (Phi) is 4.20.